The smallest absolute Gasteiger partial charge is 0.169 e. The first kappa shape index (κ1) is 11.1. The fourth-order valence-electron chi connectivity index (χ4n) is 2.06. The van der Waals surface area contributed by atoms with Crippen molar-refractivity contribution in [2.24, 2.45) is 0 Å². The van der Waals surface area contributed by atoms with E-state index in [2.05, 4.69) is 36.0 Å². The number of nitrogens with one attached hydrogen (secondary N) is 1. The van der Waals surface area contributed by atoms with Gasteiger partial charge in [0.05, 0.1) is 0 Å². The Bertz CT molecular complexity index is 240. The molecule has 1 saturated carbocycles. The van der Waals surface area contributed by atoms with Gasteiger partial charge in [0.2, 0.25) is 0 Å². The predicted octanol–water partition coefficient (Wildman–Crippen LogP) is 1.05. The summed E-state index contributed by atoms with van der Waals surface area (Å²) in [5.41, 5.74) is 0. The van der Waals surface area contributed by atoms with Gasteiger partial charge in [-0.1, -0.05) is 0 Å². The second-order valence-corrected chi connectivity index (χ2v) is 5.38. The van der Waals surface area contributed by atoms with Crippen LogP contribution in [0.25, 0.3) is 0 Å². The lowest BCUT2D eigenvalue weighted by atomic mass is 10.1. The Labute approximate surface area is 97.8 Å². The molecular formula is C11H21N3S. The highest BCUT2D eigenvalue weighted by molar-refractivity contribution is 7.80. The molecule has 0 aromatic heterocycles. The molecule has 0 radical (unpaired) electrons. The SMILES string of the molecule is CC1CN(C(=S)NC2CC2)CC(C)N1C. The van der Waals surface area contributed by atoms with E-state index in [1.165, 1.54) is 12.8 Å². The second kappa shape index (κ2) is 4.26. The number of hydrogen-bond acceptors (Lipinski definition) is 2. The third kappa shape index (κ3) is 2.61. The van der Waals surface area contributed by atoms with E-state index < -0.39 is 0 Å². The molecule has 0 aromatic rings. The van der Waals surface area contributed by atoms with Crippen LogP contribution in [0.4, 0.5) is 0 Å². The maximum absolute atomic E-state index is 5.43. The molecule has 2 fully saturated rings. The van der Waals surface area contributed by atoms with Crippen LogP contribution >= 0.6 is 12.2 Å². The number of nitrogens with zero attached hydrogens (tertiary/aromatic N) is 2. The van der Waals surface area contributed by atoms with Crippen LogP contribution in [0.15, 0.2) is 0 Å². The van der Waals surface area contributed by atoms with Gasteiger partial charge in [-0.15, -0.1) is 0 Å². The van der Waals surface area contributed by atoms with Crippen LogP contribution < -0.4 is 5.32 Å². The van der Waals surface area contributed by atoms with Crippen molar-refractivity contribution in [2.45, 2.75) is 44.8 Å². The first-order valence-electron chi connectivity index (χ1n) is 5.85. The molecule has 1 aliphatic heterocycles. The fourth-order valence-corrected chi connectivity index (χ4v) is 2.38. The monoisotopic (exact) mass is 227 g/mol. The average Bonchev–Trinajstić information content (AvgIpc) is 2.97. The van der Waals surface area contributed by atoms with E-state index in [-0.39, 0.29) is 0 Å². The molecule has 2 atom stereocenters. The molecule has 1 heterocycles. The summed E-state index contributed by atoms with van der Waals surface area (Å²) in [6.07, 6.45) is 2.58. The van der Waals surface area contributed by atoms with Gasteiger partial charge in [-0.3, -0.25) is 4.90 Å². The largest absolute Gasteiger partial charge is 0.360 e. The molecule has 86 valence electrons. The minimum atomic E-state index is 0.590. The van der Waals surface area contributed by atoms with Crippen LogP contribution in [0.5, 0.6) is 0 Å². The van der Waals surface area contributed by atoms with E-state index in [0.717, 1.165) is 18.2 Å². The zero-order valence-electron chi connectivity index (χ0n) is 9.86. The molecule has 0 amide bonds. The van der Waals surface area contributed by atoms with Gasteiger partial charge >= 0.3 is 0 Å². The molecule has 2 unspecified atom stereocenters. The summed E-state index contributed by atoms with van der Waals surface area (Å²) in [5, 5.41) is 4.38. The van der Waals surface area contributed by atoms with E-state index in [9.17, 15) is 0 Å². The standard InChI is InChI=1S/C11H21N3S/c1-8-6-14(7-9(2)13(8)3)11(15)12-10-4-5-10/h8-10H,4-7H2,1-3H3,(H,12,15). The maximum Gasteiger partial charge on any atom is 0.169 e. The van der Waals surface area contributed by atoms with Crippen LogP contribution in [0.3, 0.4) is 0 Å². The van der Waals surface area contributed by atoms with Crippen molar-refractivity contribution in [2.75, 3.05) is 20.1 Å². The zero-order chi connectivity index (χ0) is 11.0. The van der Waals surface area contributed by atoms with Gasteiger partial charge in [-0.05, 0) is 46.0 Å². The van der Waals surface area contributed by atoms with Crippen LogP contribution in [-0.2, 0) is 0 Å². The molecule has 1 aliphatic carbocycles. The van der Waals surface area contributed by atoms with Gasteiger partial charge in [0.1, 0.15) is 0 Å². The van der Waals surface area contributed by atoms with Crippen molar-refractivity contribution in [1.29, 1.82) is 0 Å². The molecule has 1 N–H and O–H groups in total. The number of likely N-dealkylation sites (N-methyl/N-ethyl adjacent to an activating group) is 1. The van der Waals surface area contributed by atoms with Gasteiger partial charge in [0.25, 0.3) is 0 Å². The first-order chi connectivity index (χ1) is 7.08. The highest BCUT2D eigenvalue weighted by atomic mass is 32.1. The molecule has 0 aromatic carbocycles. The van der Waals surface area contributed by atoms with Gasteiger partial charge in [0.15, 0.2) is 5.11 Å². The van der Waals surface area contributed by atoms with Crippen molar-refractivity contribution < 1.29 is 0 Å². The first-order valence-corrected chi connectivity index (χ1v) is 6.26. The van der Waals surface area contributed by atoms with E-state index in [1.54, 1.807) is 0 Å². The summed E-state index contributed by atoms with van der Waals surface area (Å²) in [6.45, 7) is 6.64. The lowest BCUT2D eigenvalue weighted by Gasteiger charge is -2.43. The van der Waals surface area contributed by atoms with Gasteiger partial charge in [-0.25, -0.2) is 0 Å². The van der Waals surface area contributed by atoms with Crippen molar-refractivity contribution in [3.05, 3.63) is 0 Å². The van der Waals surface area contributed by atoms with E-state index in [1.807, 2.05) is 0 Å². The van der Waals surface area contributed by atoms with Gasteiger partial charge in [-0.2, -0.15) is 0 Å². The third-order valence-electron chi connectivity index (χ3n) is 3.55. The molecule has 2 aliphatic rings. The summed E-state index contributed by atoms with van der Waals surface area (Å²) in [5.74, 6) is 0. The van der Waals surface area contributed by atoms with Crippen molar-refractivity contribution in [3.8, 4) is 0 Å². The van der Waals surface area contributed by atoms with E-state index >= 15 is 0 Å². The Kier molecular flexibility index (Phi) is 3.16. The predicted molar refractivity (Wildman–Crippen MR) is 67.0 cm³/mol. The Morgan fingerprint density at radius 2 is 1.73 bits per heavy atom. The van der Waals surface area contributed by atoms with Crippen molar-refractivity contribution in [3.63, 3.8) is 0 Å². The number of piperazine rings is 1. The van der Waals surface area contributed by atoms with Crippen LogP contribution in [0.2, 0.25) is 0 Å². The van der Waals surface area contributed by atoms with Crippen molar-refractivity contribution >= 4 is 17.3 Å². The van der Waals surface area contributed by atoms with Crippen LogP contribution in [0, 0.1) is 0 Å². The number of thiocarbonyl (C=S) groups is 1. The molecule has 3 nitrogen and oxygen atoms in total. The van der Waals surface area contributed by atoms with Gasteiger partial charge < -0.3 is 10.2 Å². The molecule has 4 heteroatoms. The number of hydrogen-bond donors (Lipinski definition) is 1. The van der Waals surface area contributed by atoms with E-state index in [4.69, 9.17) is 12.2 Å². The highest BCUT2D eigenvalue weighted by Crippen LogP contribution is 2.20. The van der Waals surface area contributed by atoms with Gasteiger partial charge in [0, 0.05) is 31.2 Å². The fraction of sp³-hybridized carbons (Fsp3) is 0.909. The highest BCUT2D eigenvalue weighted by Gasteiger charge is 2.30. The van der Waals surface area contributed by atoms with E-state index in [0.29, 0.717) is 18.1 Å². The summed E-state index contributed by atoms with van der Waals surface area (Å²) in [7, 11) is 2.20. The summed E-state index contributed by atoms with van der Waals surface area (Å²) >= 11 is 5.43. The Balaban J connectivity index is 1.89. The minimum absolute atomic E-state index is 0.590. The van der Waals surface area contributed by atoms with Crippen LogP contribution in [0.1, 0.15) is 26.7 Å². The average molecular weight is 227 g/mol. The Hall–Kier alpha value is -0.350. The third-order valence-corrected chi connectivity index (χ3v) is 3.93. The topological polar surface area (TPSA) is 18.5 Å². The molecule has 0 bridgehead atoms. The molecular weight excluding hydrogens is 206 g/mol. The van der Waals surface area contributed by atoms with Crippen LogP contribution in [-0.4, -0.2) is 53.2 Å². The minimum Gasteiger partial charge on any atom is -0.360 e. The Morgan fingerprint density at radius 3 is 2.20 bits per heavy atom. The number of rotatable bonds is 1. The summed E-state index contributed by atoms with van der Waals surface area (Å²) < 4.78 is 0. The van der Waals surface area contributed by atoms with Crippen molar-refractivity contribution in [1.82, 2.24) is 15.1 Å². The normalized spacial score (nSPS) is 32.9. The molecule has 2 rings (SSSR count). The lowest BCUT2D eigenvalue weighted by molar-refractivity contribution is 0.0983. The molecule has 1 saturated heterocycles. The second-order valence-electron chi connectivity index (χ2n) is 4.99. The summed E-state index contributed by atoms with van der Waals surface area (Å²) in [6, 6.07) is 1.85. The molecule has 0 spiro atoms. The lowest BCUT2D eigenvalue weighted by Crippen LogP contribution is -2.58. The quantitative estimate of drug-likeness (QED) is 0.675. The zero-order valence-corrected chi connectivity index (χ0v) is 10.7. The summed E-state index contributed by atoms with van der Waals surface area (Å²) in [4.78, 5) is 4.75. The molecule has 15 heavy (non-hydrogen) atoms. The Morgan fingerprint density at radius 1 is 1.20 bits per heavy atom. The maximum atomic E-state index is 5.43.